The van der Waals surface area contributed by atoms with Crippen molar-refractivity contribution in [1.82, 2.24) is 9.55 Å². The number of pyridine rings is 1. The monoisotopic (exact) mass is 932 g/mol. The van der Waals surface area contributed by atoms with E-state index >= 15 is 0 Å². The van der Waals surface area contributed by atoms with E-state index in [0.717, 1.165) is 72.6 Å². The van der Waals surface area contributed by atoms with E-state index in [-0.39, 0.29) is 26.5 Å². The number of benzene rings is 7. The van der Waals surface area contributed by atoms with Crippen molar-refractivity contribution >= 4 is 44.6 Å². The number of fused-ring (bicyclic) bond motifs is 4. The zero-order valence-electron chi connectivity index (χ0n) is 32.5. The molecular formula is C52H41N4OPt-. The number of rotatable bonds is 7. The van der Waals surface area contributed by atoms with Crippen LogP contribution in [0.3, 0.4) is 0 Å². The quantitative estimate of drug-likeness (QED) is 0.0908. The molecule has 0 spiro atoms. The van der Waals surface area contributed by atoms with Crippen LogP contribution in [0.1, 0.15) is 48.6 Å². The molecule has 3 heterocycles. The Labute approximate surface area is 354 Å². The summed E-state index contributed by atoms with van der Waals surface area (Å²) in [6.45, 7) is 6.73. The number of para-hydroxylation sites is 4. The maximum atomic E-state index is 5.19. The third kappa shape index (κ3) is 6.14. The van der Waals surface area contributed by atoms with Crippen LogP contribution in [0.2, 0.25) is 0 Å². The number of nitrogens with zero attached hydrogens (tertiary/aromatic N) is 4. The van der Waals surface area contributed by atoms with Crippen molar-refractivity contribution in [2.45, 2.75) is 31.6 Å². The van der Waals surface area contributed by atoms with Crippen LogP contribution in [-0.2, 0) is 31.9 Å². The smallest absolute Gasteiger partial charge is 0.148 e. The SMILES string of the molecule is CC(C)(C)c1ccnc(-n2c3[c-]c(C(c4[c-]c(N5[OH+]N(c6ccccc6)c6ccccc65)ccc4)(c4ccccc4)c4ccccc4)ccc3c3ccccc32)c1.[Pt]. The predicted octanol–water partition coefficient (Wildman–Crippen LogP) is 12.6. The number of anilines is 4. The van der Waals surface area contributed by atoms with Gasteiger partial charge in [-0.05, 0) is 70.0 Å². The standard InChI is InChI=1S/C52H40N4O.Pt/c1-51(2,3)39-32-33-53-50(36-39)54-46-27-14-13-26-44(46)45-31-30-41(35-49(45)54)52(37-18-7-4-8-19-37,38-20-9-5-10-21-38)40-22-17-25-43(34-40)56-48-29-16-15-28-47(48)55(57-56)42-23-11-6-12-24-42;/h4-33,36H,1-3H3;/q-2;/p+1. The molecule has 1 N–H and O–H groups in total. The van der Waals surface area contributed by atoms with Crippen LogP contribution in [-0.4, -0.2) is 14.5 Å². The van der Waals surface area contributed by atoms with Gasteiger partial charge in [0.2, 0.25) is 0 Å². The van der Waals surface area contributed by atoms with Gasteiger partial charge in [0, 0.05) is 43.9 Å². The molecule has 286 valence electrons. The largest absolute Gasteiger partial charge is 0.319 e. The fourth-order valence-electron chi connectivity index (χ4n) is 8.41. The molecule has 0 amide bonds. The first-order valence-electron chi connectivity index (χ1n) is 19.4. The van der Waals surface area contributed by atoms with Crippen molar-refractivity contribution in [3.8, 4) is 5.82 Å². The van der Waals surface area contributed by atoms with Gasteiger partial charge in [0.05, 0.1) is 0 Å². The van der Waals surface area contributed by atoms with Gasteiger partial charge < -0.3 is 4.57 Å². The van der Waals surface area contributed by atoms with Crippen molar-refractivity contribution in [2.24, 2.45) is 0 Å². The summed E-state index contributed by atoms with van der Waals surface area (Å²) in [5, 5.41) is 6.29. The second-order valence-corrected chi connectivity index (χ2v) is 15.6. The minimum atomic E-state index is -0.812. The average molecular weight is 933 g/mol. The first-order valence-corrected chi connectivity index (χ1v) is 19.4. The molecule has 0 unspecified atom stereocenters. The maximum Gasteiger partial charge on any atom is 0.148 e. The summed E-state index contributed by atoms with van der Waals surface area (Å²) >= 11 is 0. The molecule has 6 heteroatoms. The second-order valence-electron chi connectivity index (χ2n) is 15.6. The van der Waals surface area contributed by atoms with Gasteiger partial charge in [-0.15, -0.1) is 33.7 Å². The van der Waals surface area contributed by atoms with Gasteiger partial charge in [0.25, 0.3) is 0 Å². The van der Waals surface area contributed by atoms with Gasteiger partial charge >= 0.3 is 0 Å². The Morgan fingerprint density at radius 2 is 1.12 bits per heavy atom. The molecular weight excluding hydrogens is 892 g/mol. The summed E-state index contributed by atoms with van der Waals surface area (Å²) in [5.41, 5.74) is 10.5. The van der Waals surface area contributed by atoms with Gasteiger partial charge in [0.15, 0.2) is 0 Å². The van der Waals surface area contributed by atoms with Crippen LogP contribution in [0, 0.1) is 12.1 Å². The summed E-state index contributed by atoms with van der Waals surface area (Å²) in [6.07, 6.45) is 1.93. The predicted molar refractivity (Wildman–Crippen MR) is 232 cm³/mol. The molecule has 2 aromatic heterocycles. The molecule has 0 bridgehead atoms. The minimum absolute atomic E-state index is 0. The van der Waals surface area contributed by atoms with Crippen molar-refractivity contribution in [1.29, 1.82) is 0 Å². The van der Waals surface area contributed by atoms with Gasteiger partial charge in [-0.2, -0.15) is 35.3 Å². The summed E-state index contributed by atoms with van der Waals surface area (Å²) in [6, 6.07) is 72.1. The minimum Gasteiger partial charge on any atom is -0.319 e. The molecule has 1 aliphatic heterocycles. The summed E-state index contributed by atoms with van der Waals surface area (Å²) in [7, 11) is 0. The molecule has 5 nitrogen and oxygen atoms in total. The molecule has 9 aromatic rings. The molecule has 0 saturated heterocycles. The third-order valence-electron chi connectivity index (χ3n) is 11.2. The van der Waals surface area contributed by atoms with E-state index in [1.54, 1.807) is 0 Å². The first kappa shape index (κ1) is 37.3. The molecule has 7 aromatic carbocycles. The van der Waals surface area contributed by atoms with E-state index in [2.05, 4.69) is 201 Å². The molecule has 0 saturated carbocycles. The van der Waals surface area contributed by atoms with Crippen molar-refractivity contribution in [3.05, 3.63) is 228 Å². The summed E-state index contributed by atoms with van der Waals surface area (Å²) < 4.78 is 2.28. The summed E-state index contributed by atoms with van der Waals surface area (Å²) in [5.74, 6) is 0.873. The molecule has 58 heavy (non-hydrogen) atoms. The van der Waals surface area contributed by atoms with Crippen LogP contribution in [0.15, 0.2) is 188 Å². The Kier molecular flexibility index (Phi) is 9.60. The zero-order chi connectivity index (χ0) is 38.6. The Morgan fingerprint density at radius 3 is 1.81 bits per heavy atom. The molecule has 10 rings (SSSR count). The number of hydrogen-bond acceptors (Lipinski definition) is 3. The van der Waals surface area contributed by atoms with Crippen molar-refractivity contribution in [2.75, 3.05) is 10.1 Å². The van der Waals surface area contributed by atoms with Crippen LogP contribution in [0.4, 0.5) is 22.7 Å². The van der Waals surface area contributed by atoms with Gasteiger partial charge in [-0.1, -0.05) is 141 Å². The van der Waals surface area contributed by atoms with E-state index in [0.29, 0.717) is 0 Å². The Hall–Kier alpha value is -6.26. The number of aromatic nitrogens is 2. The maximum absolute atomic E-state index is 5.19. The molecule has 0 atom stereocenters. The fraction of sp³-hybridized carbons (Fsp3) is 0.0962. The molecule has 0 fully saturated rings. The molecule has 0 aliphatic carbocycles. The third-order valence-corrected chi connectivity index (χ3v) is 11.2. The van der Waals surface area contributed by atoms with Crippen LogP contribution in [0.5, 0.6) is 0 Å². The first-order chi connectivity index (χ1) is 27.9. The molecule has 0 radical (unpaired) electrons. The van der Waals surface area contributed by atoms with Gasteiger partial charge in [-0.3, -0.25) is 0 Å². The van der Waals surface area contributed by atoms with Gasteiger partial charge in [0.1, 0.15) is 22.9 Å². The molecule has 1 aliphatic rings. The Balaban J connectivity index is 0.00000436. The van der Waals surface area contributed by atoms with E-state index < -0.39 is 5.41 Å². The topological polar surface area (TPSA) is 37.1 Å². The van der Waals surface area contributed by atoms with Crippen LogP contribution >= 0.6 is 0 Å². The van der Waals surface area contributed by atoms with Gasteiger partial charge in [-0.25, -0.2) is 4.98 Å². The van der Waals surface area contributed by atoms with Crippen LogP contribution < -0.4 is 10.1 Å². The van der Waals surface area contributed by atoms with Crippen LogP contribution in [0.25, 0.3) is 27.6 Å². The van der Waals surface area contributed by atoms with E-state index in [1.165, 1.54) is 5.56 Å². The van der Waals surface area contributed by atoms with E-state index in [9.17, 15) is 0 Å². The normalized spacial score (nSPS) is 12.8. The Bertz CT molecular complexity index is 2850. The second kappa shape index (κ2) is 14.9. The van der Waals surface area contributed by atoms with E-state index in [4.69, 9.17) is 9.92 Å². The van der Waals surface area contributed by atoms with E-state index in [1.807, 2.05) is 34.5 Å². The Morgan fingerprint density at radius 1 is 0.517 bits per heavy atom. The van der Waals surface area contributed by atoms with Crippen molar-refractivity contribution in [3.63, 3.8) is 0 Å². The van der Waals surface area contributed by atoms with Crippen molar-refractivity contribution < 1.29 is 26.0 Å². The zero-order valence-corrected chi connectivity index (χ0v) is 34.7. The fourth-order valence-corrected chi connectivity index (χ4v) is 8.41. The average Bonchev–Trinajstić information content (AvgIpc) is 3.81. The summed E-state index contributed by atoms with van der Waals surface area (Å²) in [4.78, 5) is 10.2. The number of hydrogen-bond donors (Lipinski definition) is 0.